The van der Waals surface area contributed by atoms with Gasteiger partial charge in [-0.3, -0.25) is 0 Å². The minimum atomic E-state index is 0.890. The molecule has 0 atom stereocenters. The van der Waals surface area contributed by atoms with E-state index in [0.29, 0.717) is 0 Å². The normalized spacial score (nSPS) is 10.0. The van der Waals surface area contributed by atoms with Crippen LogP contribution in [-0.2, 0) is 0 Å². The van der Waals surface area contributed by atoms with Crippen molar-refractivity contribution in [1.82, 2.24) is 3.45 Å². The molecule has 0 spiro atoms. The lowest BCUT2D eigenvalue weighted by atomic mass is 10.5. The summed E-state index contributed by atoms with van der Waals surface area (Å²) in [6, 6.07) is 0. The topological polar surface area (TPSA) is 3.24 Å². The summed E-state index contributed by atoms with van der Waals surface area (Å²) in [5, 5.41) is 0. The van der Waals surface area contributed by atoms with E-state index in [0.717, 1.165) is 13.0 Å². The van der Waals surface area contributed by atoms with Crippen LogP contribution in [0.4, 0.5) is 0 Å². The molecule has 38 valence electrons. The van der Waals surface area contributed by atoms with Crippen LogP contribution in [0.2, 0.25) is 0 Å². The van der Waals surface area contributed by atoms with Gasteiger partial charge in [0, 0.05) is 22.7 Å². The fraction of sp³-hybridized carbons (Fsp3) is 1.00. The van der Waals surface area contributed by atoms with Gasteiger partial charge in [-0.05, 0) is 18.2 Å². The Morgan fingerprint density at radius 3 is 2.33 bits per heavy atom. The molecule has 0 unspecified atom stereocenters. The predicted molar refractivity (Wildman–Crippen MR) is 31.8 cm³/mol. The van der Waals surface area contributed by atoms with E-state index >= 15 is 0 Å². The van der Waals surface area contributed by atoms with Gasteiger partial charge in [-0.15, -0.1) is 0 Å². The van der Waals surface area contributed by atoms with E-state index in [-0.39, 0.29) is 0 Å². The SMILES string of the molecule is CCCN(Cl)Br. The second-order valence-corrected chi connectivity index (χ2v) is 2.70. The van der Waals surface area contributed by atoms with Gasteiger partial charge in [0.15, 0.2) is 0 Å². The summed E-state index contributed by atoms with van der Waals surface area (Å²) < 4.78 is 1.47. The van der Waals surface area contributed by atoms with Gasteiger partial charge in [-0.25, -0.2) is 0 Å². The van der Waals surface area contributed by atoms with Gasteiger partial charge in [-0.1, -0.05) is 6.92 Å². The minimum absolute atomic E-state index is 0.890. The smallest absolute Gasteiger partial charge is 0.0289 e. The molecule has 0 saturated carbocycles. The average molecular weight is 172 g/mol. The highest BCUT2D eigenvalue weighted by Crippen LogP contribution is 2.00. The quantitative estimate of drug-likeness (QED) is 0.577. The van der Waals surface area contributed by atoms with Crippen LogP contribution in [0.25, 0.3) is 0 Å². The molecule has 0 rings (SSSR count). The van der Waals surface area contributed by atoms with Crippen molar-refractivity contribution in [2.45, 2.75) is 13.3 Å². The second-order valence-electron chi connectivity index (χ2n) is 1.03. The molecule has 1 nitrogen and oxygen atoms in total. The van der Waals surface area contributed by atoms with Crippen molar-refractivity contribution in [3.63, 3.8) is 0 Å². The largest absolute Gasteiger partial charge is 0.155 e. The van der Waals surface area contributed by atoms with Crippen molar-refractivity contribution in [1.29, 1.82) is 0 Å². The van der Waals surface area contributed by atoms with E-state index in [4.69, 9.17) is 11.8 Å². The summed E-state index contributed by atoms with van der Waals surface area (Å²) in [5.74, 6) is 0. The predicted octanol–water partition coefficient (Wildman–Crippen LogP) is 2.16. The summed E-state index contributed by atoms with van der Waals surface area (Å²) >= 11 is 8.36. The lowest BCUT2D eigenvalue weighted by Gasteiger charge is -1.96. The van der Waals surface area contributed by atoms with Gasteiger partial charge >= 0.3 is 0 Å². The van der Waals surface area contributed by atoms with Crippen molar-refractivity contribution in [2.24, 2.45) is 0 Å². The number of nitrogens with zero attached hydrogens (tertiary/aromatic N) is 1. The molecule has 0 aromatic carbocycles. The lowest BCUT2D eigenvalue weighted by Crippen LogP contribution is -1.95. The van der Waals surface area contributed by atoms with E-state index in [1.54, 1.807) is 0 Å². The Morgan fingerprint density at radius 2 is 2.33 bits per heavy atom. The Labute approximate surface area is 51.7 Å². The second kappa shape index (κ2) is 3.90. The molecule has 6 heavy (non-hydrogen) atoms. The number of hydrogen-bond donors (Lipinski definition) is 0. The van der Waals surface area contributed by atoms with Crippen molar-refractivity contribution < 1.29 is 0 Å². The van der Waals surface area contributed by atoms with Crippen LogP contribution < -0.4 is 0 Å². The fourth-order valence-electron chi connectivity index (χ4n) is 0.169. The van der Waals surface area contributed by atoms with Gasteiger partial charge in [0.05, 0.1) is 0 Å². The van der Waals surface area contributed by atoms with Crippen molar-refractivity contribution in [3.05, 3.63) is 0 Å². The maximum Gasteiger partial charge on any atom is 0.0289 e. The molecule has 0 aromatic rings. The maximum absolute atomic E-state index is 5.33. The third-order valence-electron chi connectivity index (χ3n) is 0.393. The zero-order valence-corrected chi connectivity index (χ0v) is 5.96. The van der Waals surface area contributed by atoms with Crippen LogP contribution in [0.5, 0.6) is 0 Å². The molecule has 0 bridgehead atoms. The summed E-state index contributed by atoms with van der Waals surface area (Å²) in [6.45, 7) is 2.96. The van der Waals surface area contributed by atoms with Crippen LogP contribution >= 0.6 is 27.9 Å². The lowest BCUT2D eigenvalue weighted by molar-refractivity contribution is 0.712. The summed E-state index contributed by atoms with van der Waals surface area (Å²) in [7, 11) is 0. The third-order valence-corrected chi connectivity index (χ3v) is 0.916. The highest BCUT2D eigenvalue weighted by molar-refractivity contribution is 9.08. The Hall–Kier alpha value is 0.730. The fourth-order valence-corrected chi connectivity index (χ4v) is 0.693. The molecule has 3 heteroatoms. The zero-order valence-electron chi connectivity index (χ0n) is 3.62. The maximum atomic E-state index is 5.33. The van der Waals surface area contributed by atoms with Crippen molar-refractivity contribution >= 4 is 27.9 Å². The van der Waals surface area contributed by atoms with Crippen molar-refractivity contribution in [3.8, 4) is 0 Å². The number of rotatable bonds is 2. The number of hydrogen-bond acceptors (Lipinski definition) is 1. The molecule has 0 aliphatic heterocycles. The van der Waals surface area contributed by atoms with Crippen LogP contribution in [-0.4, -0.2) is 9.99 Å². The Kier molecular flexibility index (Phi) is 4.38. The molecular formula is C3H7BrClN. The highest BCUT2D eigenvalue weighted by atomic mass is 79.9. The van der Waals surface area contributed by atoms with Gasteiger partial charge in [0.1, 0.15) is 0 Å². The molecule has 0 aromatic heterocycles. The summed E-state index contributed by atoms with van der Waals surface area (Å²) in [4.78, 5) is 0. The van der Waals surface area contributed by atoms with Gasteiger partial charge in [-0.2, -0.15) is 3.45 Å². The molecule has 0 heterocycles. The first-order chi connectivity index (χ1) is 2.77. The first kappa shape index (κ1) is 6.73. The average Bonchev–Trinajstić information content (AvgIpc) is 1.35. The first-order valence-corrected chi connectivity index (χ1v) is 2.91. The molecule has 0 N–H and O–H groups in total. The standard InChI is InChI=1S/C3H7BrClN/c1-2-3-6(4)5/h2-3H2,1H3. The Balaban J connectivity index is 2.63. The van der Waals surface area contributed by atoms with E-state index in [1.165, 1.54) is 3.45 Å². The van der Waals surface area contributed by atoms with Gasteiger partial charge in [0.25, 0.3) is 0 Å². The summed E-state index contributed by atoms with van der Waals surface area (Å²) in [6.07, 6.45) is 1.08. The first-order valence-electron chi connectivity index (χ1n) is 1.86. The van der Waals surface area contributed by atoms with Crippen LogP contribution in [0.3, 0.4) is 0 Å². The summed E-state index contributed by atoms with van der Waals surface area (Å²) in [5.41, 5.74) is 0. The highest BCUT2D eigenvalue weighted by Gasteiger charge is 1.85. The minimum Gasteiger partial charge on any atom is -0.155 e. The number of halogens is 2. The molecule has 0 amide bonds. The van der Waals surface area contributed by atoms with Gasteiger partial charge in [0.2, 0.25) is 0 Å². The Bertz CT molecular complexity index is 32.0. The van der Waals surface area contributed by atoms with E-state index in [1.807, 2.05) is 0 Å². The zero-order chi connectivity index (χ0) is 4.99. The molecule has 0 aliphatic rings. The van der Waals surface area contributed by atoms with Crippen LogP contribution in [0, 0.1) is 0 Å². The molecule has 0 radical (unpaired) electrons. The molecular weight excluding hydrogens is 165 g/mol. The van der Waals surface area contributed by atoms with E-state index < -0.39 is 0 Å². The Morgan fingerprint density at radius 1 is 1.83 bits per heavy atom. The monoisotopic (exact) mass is 171 g/mol. The third kappa shape index (κ3) is 4.73. The molecule has 0 aliphatic carbocycles. The van der Waals surface area contributed by atoms with Crippen molar-refractivity contribution in [2.75, 3.05) is 6.54 Å². The van der Waals surface area contributed by atoms with E-state index in [2.05, 4.69) is 23.1 Å². The van der Waals surface area contributed by atoms with E-state index in [9.17, 15) is 0 Å². The molecule has 0 saturated heterocycles. The van der Waals surface area contributed by atoms with Crippen LogP contribution in [0.1, 0.15) is 13.3 Å². The van der Waals surface area contributed by atoms with Gasteiger partial charge < -0.3 is 0 Å². The molecule has 0 fully saturated rings. The van der Waals surface area contributed by atoms with Crippen LogP contribution in [0.15, 0.2) is 0 Å².